The van der Waals surface area contributed by atoms with Gasteiger partial charge in [0, 0.05) is 0 Å². The molecule has 0 saturated heterocycles. The molecule has 0 spiro atoms. The number of hydrogen-bond acceptors (Lipinski definition) is 3. The fourth-order valence-electron chi connectivity index (χ4n) is 1.98. The highest BCUT2D eigenvalue weighted by Crippen LogP contribution is 2.32. The second kappa shape index (κ2) is 7.75. The lowest BCUT2D eigenvalue weighted by molar-refractivity contribution is -0.120. The smallest absolute Gasteiger partial charge is 0.244 e. The second-order valence-corrected chi connectivity index (χ2v) is 6.93. The van der Waals surface area contributed by atoms with E-state index in [1.165, 1.54) is 11.8 Å². The quantitative estimate of drug-likeness (QED) is 0.553. The Hall–Kier alpha value is -1.66. The Labute approximate surface area is 151 Å². The molecule has 6 heteroatoms. The number of nitrogens with zero attached hydrogens (tertiary/aromatic N) is 1. The van der Waals surface area contributed by atoms with Crippen molar-refractivity contribution in [2.75, 3.05) is 0 Å². The van der Waals surface area contributed by atoms with Crippen molar-refractivity contribution in [3.63, 3.8) is 0 Å². The van der Waals surface area contributed by atoms with E-state index in [0.717, 1.165) is 16.7 Å². The predicted octanol–water partition coefficient (Wildman–Crippen LogP) is 4.23. The van der Waals surface area contributed by atoms with Crippen molar-refractivity contribution in [1.29, 1.82) is 0 Å². The van der Waals surface area contributed by atoms with Crippen molar-refractivity contribution >= 4 is 44.0 Å². The van der Waals surface area contributed by atoms with Gasteiger partial charge in [-0.2, -0.15) is 5.10 Å². The lowest BCUT2D eigenvalue weighted by Gasteiger charge is -2.05. The van der Waals surface area contributed by atoms with Gasteiger partial charge in [0.1, 0.15) is 5.75 Å². The molecule has 0 heterocycles. The zero-order valence-electron chi connectivity index (χ0n) is 12.7. The number of amides is 1. The number of aryl methyl sites for hydroxylation is 2. The van der Waals surface area contributed by atoms with Gasteiger partial charge in [0.05, 0.1) is 21.6 Å². The van der Waals surface area contributed by atoms with Crippen LogP contribution >= 0.6 is 31.9 Å². The summed E-state index contributed by atoms with van der Waals surface area (Å²) in [5, 5.41) is 13.6. The number of phenolic OH excluding ortho intramolecular Hbond substituents is 1. The molecule has 4 nitrogen and oxygen atoms in total. The van der Waals surface area contributed by atoms with Gasteiger partial charge in [-0.1, -0.05) is 18.2 Å². The van der Waals surface area contributed by atoms with Crippen molar-refractivity contribution in [2.24, 2.45) is 5.10 Å². The molecule has 0 atom stereocenters. The topological polar surface area (TPSA) is 61.7 Å². The van der Waals surface area contributed by atoms with E-state index in [9.17, 15) is 9.90 Å². The highest BCUT2D eigenvalue weighted by Gasteiger charge is 2.05. The minimum absolute atomic E-state index is 0.126. The van der Waals surface area contributed by atoms with Crippen LogP contribution in [0, 0.1) is 13.8 Å². The molecule has 0 radical (unpaired) electrons. The number of benzene rings is 2. The summed E-state index contributed by atoms with van der Waals surface area (Å²) < 4.78 is 1.10. The maximum atomic E-state index is 11.9. The predicted molar refractivity (Wildman–Crippen MR) is 98.9 cm³/mol. The minimum atomic E-state index is -0.179. The molecule has 0 aliphatic carbocycles. The van der Waals surface area contributed by atoms with E-state index in [1.54, 1.807) is 12.1 Å². The van der Waals surface area contributed by atoms with Gasteiger partial charge in [0.2, 0.25) is 5.91 Å². The van der Waals surface area contributed by atoms with Gasteiger partial charge >= 0.3 is 0 Å². The normalized spacial score (nSPS) is 11.0. The van der Waals surface area contributed by atoms with Crippen LogP contribution in [0.3, 0.4) is 0 Å². The Kier molecular flexibility index (Phi) is 5.96. The van der Waals surface area contributed by atoms with Gasteiger partial charge in [-0.15, -0.1) is 0 Å². The molecule has 0 unspecified atom stereocenters. The first-order valence-electron chi connectivity index (χ1n) is 6.93. The standard InChI is InChI=1S/C17H16Br2N2O2/c1-10-3-4-12(5-11(10)2)8-16(22)21-20-9-13-6-14(18)17(23)15(19)7-13/h3-7,9,23H,8H2,1-2H3,(H,21,22)/b20-9-. The molecular weight excluding hydrogens is 424 g/mol. The highest BCUT2D eigenvalue weighted by atomic mass is 79.9. The van der Waals surface area contributed by atoms with E-state index in [1.807, 2.05) is 32.0 Å². The van der Waals surface area contributed by atoms with Gasteiger partial charge in [0.25, 0.3) is 0 Å². The molecule has 2 N–H and O–H groups in total. The average molecular weight is 440 g/mol. The first kappa shape index (κ1) is 17.7. The number of hydrazone groups is 1. The fraction of sp³-hybridized carbons (Fsp3) is 0.176. The molecule has 0 fully saturated rings. The van der Waals surface area contributed by atoms with Gasteiger partial charge in [-0.3, -0.25) is 4.79 Å². The zero-order valence-corrected chi connectivity index (χ0v) is 15.9. The van der Waals surface area contributed by atoms with Crippen LogP contribution in [0.25, 0.3) is 0 Å². The number of carbonyl (C=O) groups is 1. The van der Waals surface area contributed by atoms with Crippen LogP contribution in [0.5, 0.6) is 5.75 Å². The third-order valence-corrected chi connectivity index (χ3v) is 4.59. The summed E-state index contributed by atoms with van der Waals surface area (Å²) >= 11 is 6.49. The SMILES string of the molecule is Cc1ccc(CC(=O)N/N=C\c2cc(Br)c(O)c(Br)c2)cc1C. The number of nitrogens with one attached hydrogen (secondary N) is 1. The van der Waals surface area contributed by atoms with Crippen LogP contribution < -0.4 is 5.43 Å². The van der Waals surface area contributed by atoms with Crippen LogP contribution in [0.1, 0.15) is 22.3 Å². The van der Waals surface area contributed by atoms with Crippen molar-refractivity contribution in [2.45, 2.75) is 20.3 Å². The summed E-state index contributed by atoms with van der Waals surface area (Å²) in [6.45, 7) is 4.06. The molecule has 23 heavy (non-hydrogen) atoms. The summed E-state index contributed by atoms with van der Waals surface area (Å²) in [4.78, 5) is 11.9. The van der Waals surface area contributed by atoms with Gasteiger partial charge in [0.15, 0.2) is 0 Å². The number of carbonyl (C=O) groups excluding carboxylic acids is 1. The number of rotatable bonds is 4. The fourth-order valence-corrected chi connectivity index (χ4v) is 3.20. The Balaban J connectivity index is 1.97. The molecule has 0 saturated carbocycles. The Morgan fingerprint density at radius 2 is 1.83 bits per heavy atom. The van der Waals surface area contributed by atoms with Crippen LogP contribution in [0.15, 0.2) is 44.4 Å². The van der Waals surface area contributed by atoms with E-state index in [4.69, 9.17) is 0 Å². The lowest BCUT2D eigenvalue weighted by atomic mass is 10.0. The number of hydrogen-bond donors (Lipinski definition) is 2. The molecule has 0 aliphatic rings. The summed E-state index contributed by atoms with van der Waals surface area (Å²) in [6, 6.07) is 9.37. The monoisotopic (exact) mass is 438 g/mol. The molecule has 2 aromatic carbocycles. The van der Waals surface area contributed by atoms with Crippen LogP contribution in [-0.4, -0.2) is 17.2 Å². The molecule has 0 bridgehead atoms. The van der Waals surface area contributed by atoms with E-state index in [2.05, 4.69) is 42.4 Å². The Morgan fingerprint density at radius 3 is 2.43 bits per heavy atom. The summed E-state index contributed by atoms with van der Waals surface area (Å²) in [7, 11) is 0. The number of aromatic hydroxyl groups is 1. The van der Waals surface area contributed by atoms with Crippen LogP contribution in [-0.2, 0) is 11.2 Å². The summed E-state index contributed by atoms with van der Waals surface area (Å²) in [5.74, 6) is -0.0534. The Morgan fingerprint density at radius 1 is 1.17 bits per heavy atom. The van der Waals surface area contributed by atoms with Gasteiger partial charge in [-0.25, -0.2) is 5.43 Å². The molecule has 0 aliphatic heterocycles. The molecule has 2 rings (SSSR count). The van der Waals surface area contributed by atoms with Crippen LogP contribution in [0.2, 0.25) is 0 Å². The molecule has 1 amide bonds. The minimum Gasteiger partial charge on any atom is -0.506 e. The van der Waals surface area contributed by atoms with E-state index < -0.39 is 0 Å². The molecule has 120 valence electrons. The molecule has 2 aromatic rings. The van der Waals surface area contributed by atoms with E-state index in [0.29, 0.717) is 8.95 Å². The van der Waals surface area contributed by atoms with Crippen molar-refractivity contribution < 1.29 is 9.90 Å². The summed E-state index contributed by atoms with van der Waals surface area (Å²) in [5.41, 5.74) is 6.57. The third kappa shape index (κ3) is 4.91. The largest absolute Gasteiger partial charge is 0.506 e. The number of halogens is 2. The number of phenols is 1. The third-order valence-electron chi connectivity index (χ3n) is 3.38. The van der Waals surface area contributed by atoms with E-state index >= 15 is 0 Å². The molecule has 0 aromatic heterocycles. The van der Waals surface area contributed by atoms with Crippen LogP contribution in [0.4, 0.5) is 0 Å². The maximum absolute atomic E-state index is 11.9. The van der Waals surface area contributed by atoms with E-state index in [-0.39, 0.29) is 18.1 Å². The summed E-state index contributed by atoms with van der Waals surface area (Å²) in [6.07, 6.45) is 1.80. The first-order chi connectivity index (χ1) is 10.9. The second-order valence-electron chi connectivity index (χ2n) is 5.22. The van der Waals surface area contributed by atoms with Crippen molar-refractivity contribution in [3.05, 3.63) is 61.5 Å². The van der Waals surface area contributed by atoms with Gasteiger partial charge < -0.3 is 5.11 Å². The molecular formula is C17H16Br2N2O2. The van der Waals surface area contributed by atoms with Gasteiger partial charge in [-0.05, 0) is 80.1 Å². The first-order valence-corrected chi connectivity index (χ1v) is 8.51. The zero-order chi connectivity index (χ0) is 17.0. The Bertz CT molecular complexity index is 750. The van der Waals surface area contributed by atoms with Crippen molar-refractivity contribution in [3.8, 4) is 5.75 Å². The van der Waals surface area contributed by atoms with Crippen molar-refractivity contribution in [1.82, 2.24) is 5.43 Å². The lowest BCUT2D eigenvalue weighted by Crippen LogP contribution is -2.19. The average Bonchev–Trinajstić information content (AvgIpc) is 2.48. The highest BCUT2D eigenvalue weighted by molar-refractivity contribution is 9.11. The maximum Gasteiger partial charge on any atom is 0.244 e.